The minimum Gasteiger partial charge on any atom is -0.494 e. The van der Waals surface area contributed by atoms with Gasteiger partial charge in [-0.05, 0) is 74.1 Å². The van der Waals surface area contributed by atoms with E-state index in [1.165, 1.54) is 18.5 Å². The van der Waals surface area contributed by atoms with Crippen LogP contribution < -0.4 is 15.0 Å². The molecule has 29 heavy (non-hydrogen) atoms. The zero-order valence-electron chi connectivity index (χ0n) is 17.4. The van der Waals surface area contributed by atoms with Crippen LogP contribution in [0.1, 0.15) is 51.1 Å². The maximum Gasteiger partial charge on any atom is 0.220 e. The maximum atomic E-state index is 12.2. The lowest BCUT2D eigenvalue weighted by molar-refractivity contribution is -0.121. The highest BCUT2D eigenvalue weighted by Crippen LogP contribution is 2.24. The third-order valence-corrected chi connectivity index (χ3v) is 5.68. The van der Waals surface area contributed by atoms with Crippen LogP contribution in [0.2, 0.25) is 5.02 Å². The molecule has 1 aliphatic rings. The molecule has 0 aliphatic carbocycles. The van der Waals surface area contributed by atoms with Crippen molar-refractivity contribution >= 4 is 23.2 Å². The Kier molecular flexibility index (Phi) is 7.82. The van der Waals surface area contributed by atoms with Crippen LogP contribution in [0.3, 0.4) is 0 Å². The van der Waals surface area contributed by atoms with Crippen LogP contribution in [0.5, 0.6) is 5.75 Å². The Bertz CT molecular complexity index is 776. The van der Waals surface area contributed by atoms with Crippen LogP contribution in [-0.4, -0.2) is 25.6 Å². The molecule has 0 bridgehead atoms. The molecule has 0 radical (unpaired) electrons. The molecule has 1 saturated heterocycles. The van der Waals surface area contributed by atoms with Gasteiger partial charge < -0.3 is 15.0 Å². The molecule has 1 fully saturated rings. The Balaban J connectivity index is 1.40. The van der Waals surface area contributed by atoms with Crippen molar-refractivity contribution in [2.45, 2.75) is 45.6 Å². The fourth-order valence-electron chi connectivity index (χ4n) is 3.75. The van der Waals surface area contributed by atoms with Crippen molar-refractivity contribution in [2.24, 2.45) is 5.92 Å². The van der Waals surface area contributed by atoms with E-state index in [-0.39, 0.29) is 11.9 Å². The number of carbonyl (C=O) groups is 1. The van der Waals surface area contributed by atoms with Crippen LogP contribution in [0.4, 0.5) is 5.69 Å². The summed E-state index contributed by atoms with van der Waals surface area (Å²) in [6, 6.07) is 15.9. The standard InChI is InChI=1S/C24H31ClN2O2/c1-18-5-3-15-27(17-18)22-11-7-20(8-12-22)19(2)26-24(28)6-4-16-29-23-13-9-21(25)10-14-23/h7-14,18-19H,3-6,15-17H2,1-2H3,(H,26,28)/t18-,19+/m1/s1. The molecule has 1 heterocycles. The molecule has 4 nitrogen and oxygen atoms in total. The van der Waals surface area contributed by atoms with Crippen LogP contribution in [0, 0.1) is 5.92 Å². The third kappa shape index (κ3) is 6.67. The van der Waals surface area contributed by atoms with Crippen LogP contribution in [0.15, 0.2) is 48.5 Å². The molecule has 156 valence electrons. The van der Waals surface area contributed by atoms with Gasteiger partial charge in [0.2, 0.25) is 5.91 Å². The van der Waals surface area contributed by atoms with Crippen molar-refractivity contribution in [3.05, 3.63) is 59.1 Å². The Morgan fingerprint density at radius 2 is 1.93 bits per heavy atom. The van der Waals surface area contributed by atoms with E-state index < -0.39 is 0 Å². The average molecular weight is 415 g/mol. The summed E-state index contributed by atoms with van der Waals surface area (Å²) in [7, 11) is 0. The average Bonchev–Trinajstić information content (AvgIpc) is 2.72. The van der Waals surface area contributed by atoms with Crippen LogP contribution >= 0.6 is 11.6 Å². The molecule has 0 spiro atoms. The Morgan fingerprint density at radius 3 is 2.62 bits per heavy atom. The Morgan fingerprint density at radius 1 is 1.21 bits per heavy atom. The SMILES string of the molecule is C[C@@H]1CCCN(c2ccc([C@H](C)NC(=O)CCCOc3ccc(Cl)cc3)cc2)C1. The van der Waals surface area contributed by atoms with Gasteiger partial charge in [0.05, 0.1) is 12.6 Å². The van der Waals surface area contributed by atoms with Gasteiger partial charge in [-0.3, -0.25) is 4.79 Å². The van der Waals surface area contributed by atoms with Crippen molar-refractivity contribution in [2.75, 3.05) is 24.6 Å². The first-order chi connectivity index (χ1) is 14.0. The molecule has 0 unspecified atom stereocenters. The van der Waals surface area contributed by atoms with Crippen LogP contribution in [-0.2, 0) is 4.79 Å². The zero-order valence-corrected chi connectivity index (χ0v) is 18.1. The van der Waals surface area contributed by atoms with E-state index in [0.29, 0.717) is 24.5 Å². The predicted octanol–water partition coefficient (Wildman–Crippen LogP) is 5.61. The highest BCUT2D eigenvalue weighted by molar-refractivity contribution is 6.30. The van der Waals surface area contributed by atoms with E-state index in [2.05, 4.69) is 41.4 Å². The first kappa shape index (κ1) is 21.5. The molecule has 2 atom stereocenters. The first-order valence-corrected chi connectivity index (χ1v) is 10.9. The molecule has 3 rings (SSSR count). The van der Waals surface area contributed by atoms with Crippen LogP contribution in [0.25, 0.3) is 0 Å². The minimum absolute atomic E-state index is 0.00554. The Hall–Kier alpha value is -2.20. The van der Waals surface area contributed by atoms with Gasteiger partial charge in [-0.25, -0.2) is 0 Å². The van der Waals surface area contributed by atoms with Crippen molar-refractivity contribution in [3.8, 4) is 5.75 Å². The lowest BCUT2D eigenvalue weighted by Gasteiger charge is -2.33. The molecular weight excluding hydrogens is 384 g/mol. The number of benzene rings is 2. The third-order valence-electron chi connectivity index (χ3n) is 5.42. The summed E-state index contributed by atoms with van der Waals surface area (Å²) in [5, 5.41) is 3.77. The summed E-state index contributed by atoms with van der Waals surface area (Å²) in [5.41, 5.74) is 2.41. The number of anilines is 1. The maximum absolute atomic E-state index is 12.2. The summed E-state index contributed by atoms with van der Waals surface area (Å²) in [6.07, 6.45) is 3.70. The predicted molar refractivity (Wildman–Crippen MR) is 120 cm³/mol. The van der Waals surface area contributed by atoms with E-state index in [1.54, 1.807) is 12.1 Å². The number of hydrogen-bond acceptors (Lipinski definition) is 3. The highest BCUT2D eigenvalue weighted by Gasteiger charge is 2.17. The second-order valence-corrected chi connectivity index (χ2v) is 8.42. The smallest absolute Gasteiger partial charge is 0.220 e. The first-order valence-electron chi connectivity index (χ1n) is 10.5. The van der Waals surface area contributed by atoms with E-state index in [9.17, 15) is 4.79 Å². The second-order valence-electron chi connectivity index (χ2n) is 7.98. The number of nitrogens with zero attached hydrogens (tertiary/aromatic N) is 1. The zero-order chi connectivity index (χ0) is 20.6. The topological polar surface area (TPSA) is 41.6 Å². The number of hydrogen-bond donors (Lipinski definition) is 1. The molecule has 1 aliphatic heterocycles. The van der Waals surface area contributed by atoms with Gasteiger partial charge in [0, 0.05) is 30.2 Å². The van der Waals surface area contributed by atoms with Crippen molar-refractivity contribution in [1.29, 1.82) is 0 Å². The molecule has 2 aromatic carbocycles. The lowest BCUT2D eigenvalue weighted by atomic mass is 9.99. The number of rotatable bonds is 8. The summed E-state index contributed by atoms with van der Waals surface area (Å²) < 4.78 is 5.64. The molecule has 1 amide bonds. The number of carbonyl (C=O) groups excluding carboxylic acids is 1. The van der Waals surface area contributed by atoms with Gasteiger partial charge in [-0.1, -0.05) is 30.7 Å². The molecule has 0 saturated carbocycles. The molecule has 5 heteroatoms. The van der Waals surface area contributed by atoms with Gasteiger partial charge in [-0.15, -0.1) is 0 Å². The quantitative estimate of drug-likeness (QED) is 0.570. The monoisotopic (exact) mass is 414 g/mol. The van der Waals surface area contributed by atoms with Crippen molar-refractivity contribution < 1.29 is 9.53 Å². The molecular formula is C24H31ClN2O2. The van der Waals surface area contributed by atoms with E-state index in [0.717, 1.165) is 30.3 Å². The number of ether oxygens (including phenoxy) is 1. The number of halogens is 1. The summed E-state index contributed by atoms with van der Waals surface area (Å²) in [5.74, 6) is 1.57. The molecule has 2 aromatic rings. The lowest BCUT2D eigenvalue weighted by Crippen LogP contribution is -2.34. The van der Waals surface area contributed by atoms with E-state index >= 15 is 0 Å². The van der Waals surface area contributed by atoms with E-state index in [4.69, 9.17) is 16.3 Å². The van der Waals surface area contributed by atoms with Gasteiger partial charge in [0.15, 0.2) is 0 Å². The normalized spacial score (nSPS) is 17.6. The fourth-order valence-corrected chi connectivity index (χ4v) is 3.87. The van der Waals surface area contributed by atoms with Crippen molar-refractivity contribution in [1.82, 2.24) is 5.32 Å². The fraction of sp³-hybridized carbons (Fsp3) is 0.458. The van der Waals surface area contributed by atoms with Gasteiger partial charge >= 0.3 is 0 Å². The second kappa shape index (κ2) is 10.5. The van der Waals surface area contributed by atoms with Gasteiger partial charge in [0.25, 0.3) is 0 Å². The minimum atomic E-state index is -0.00554. The number of piperidine rings is 1. The number of amides is 1. The van der Waals surface area contributed by atoms with Gasteiger partial charge in [0.1, 0.15) is 5.75 Å². The summed E-state index contributed by atoms with van der Waals surface area (Å²) in [4.78, 5) is 14.7. The van der Waals surface area contributed by atoms with E-state index in [1.807, 2.05) is 19.1 Å². The summed E-state index contributed by atoms with van der Waals surface area (Å²) in [6.45, 7) is 7.11. The molecule has 1 N–H and O–H groups in total. The van der Waals surface area contributed by atoms with Crippen molar-refractivity contribution in [3.63, 3.8) is 0 Å². The largest absolute Gasteiger partial charge is 0.494 e. The van der Waals surface area contributed by atoms with Gasteiger partial charge in [-0.2, -0.15) is 0 Å². The molecule has 0 aromatic heterocycles. The number of nitrogens with one attached hydrogen (secondary N) is 1. The highest BCUT2D eigenvalue weighted by atomic mass is 35.5. The Labute approximate surface area is 179 Å². The summed E-state index contributed by atoms with van der Waals surface area (Å²) >= 11 is 5.86.